The quantitative estimate of drug-likeness (QED) is 0.0454. The molecule has 0 aliphatic rings. The van der Waals surface area contributed by atoms with E-state index in [9.17, 15) is 41.5 Å². The van der Waals surface area contributed by atoms with E-state index in [-0.39, 0.29) is 53.2 Å². The number of furan rings is 2. The van der Waals surface area contributed by atoms with E-state index >= 15 is 0 Å². The lowest BCUT2D eigenvalue weighted by molar-refractivity contribution is -0.126. The number of hydrazine groups is 1. The van der Waals surface area contributed by atoms with Crippen molar-refractivity contribution in [2.45, 2.75) is 39.7 Å². The average Bonchev–Trinajstić information content (AvgIpc) is 4.04. The van der Waals surface area contributed by atoms with E-state index in [2.05, 4.69) is 21.3 Å². The Morgan fingerprint density at radius 3 is 1.79 bits per heavy atom. The summed E-state index contributed by atoms with van der Waals surface area (Å²) in [4.78, 5) is 67.8. The Kier molecular flexibility index (Phi) is 16.3. The lowest BCUT2D eigenvalue weighted by Gasteiger charge is -2.28. The first-order chi connectivity index (χ1) is 36.7. The molecule has 0 radical (unpaired) electrons. The van der Waals surface area contributed by atoms with E-state index in [4.69, 9.17) is 13.6 Å². The van der Waals surface area contributed by atoms with Gasteiger partial charge in [-0.3, -0.25) is 29.0 Å². The molecule has 18 heteroatoms. The number of amides is 5. The zero-order valence-electron chi connectivity index (χ0n) is 43.3. The number of ether oxygens (including phenoxy) is 1. The van der Waals surface area contributed by atoms with Gasteiger partial charge in [0.25, 0.3) is 30.1 Å². The largest absolute Gasteiger partial charge is 0.492 e. The van der Waals surface area contributed by atoms with Crippen LogP contribution in [0.2, 0.25) is 0 Å². The summed E-state index contributed by atoms with van der Waals surface area (Å²) in [6.07, 6.45) is -2.76. The van der Waals surface area contributed by atoms with Crippen molar-refractivity contribution in [2.24, 2.45) is 5.92 Å². The molecule has 0 saturated carbocycles. The van der Waals surface area contributed by atoms with Crippen LogP contribution in [0, 0.1) is 17.6 Å². The minimum Gasteiger partial charge on any atom is -0.492 e. The number of hydrogen-bond donors (Lipinski definition) is 4. The molecule has 398 valence electrons. The molecule has 0 aliphatic heterocycles. The molecule has 2 aromatic heterocycles. The van der Waals surface area contributed by atoms with Gasteiger partial charge in [0.2, 0.25) is 5.91 Å². The fourth-order valence-electron chi connectivity index (χ4n) is 8.53. The maximum atomic E-state index is 14.9. The second-order valence-corrected chi connectivity index (χ2v) is 19.3. The minimum absolute atomic E-state index is 0.0365. The highest BCUT2D eigenvalue weighted by Gasteiger charge is 2.31. The number of benzene rings is 6. The second kappa shape index (κ2) is 23.0. The summed E-state index contributed by atoms with van der Waals surface area (Å²) in [5.74, 6) is -2.53. The molecule has 77 heavy (non-hydrogen) atoms. The highest BCUT2D eigenvalue weighted by molar-refractivity contribution is 6.13. The fourth-order valence-corrected chi connectivity index (χ4v) is 8.53. The second-order valence-electron chi connectivity index (χ2n) is 19.3. The van der Waals surface area contributed by atoms with Crippen molar-refractivity contribution >= 4 is 51.5 Å². The summed E-state index contributed by atoms with van der Waals surface area (Å²) < 4.78 is 72.8. The summed E-state index contributed by atoms with van der Waals surface area (Å²) >= 11 is 0. The predicted octanol–water partition coefficient (Wildman–Crippen LogP) is 10.8. The van der Waals surface area contributed by atoms with Crippen LogP contribution in [0.3, 0.4) is 0 Å². The first-order valence-electron chi connectivity index (χ1n) is 24.6. The topological polar surface area (TPSA) is 175 Å². The van der Waals surface area contributed by atoms with Gasteiger partial charge in [0.1, 0.15) is 52.2 Å². The standard InChI is InChI=1S/C59H56F4N6O8/c1-33(2)31-65-54(70)40-17-22-46(43(30-40)38-16-24-47-44(29-38)50(56(72)64-5)52(76-47)34-11-18-41(60)19-12-34)75-26-25-68(6)69(7)57(73)51-45-28-37(15-23-48(45)77-53(51)35-13-20-42(61)21-14-35)36-9-8-10-39(27-36)55(71)67-59(3,4)58(74)66-32-49(62)63/h8-24,27-30,33,49H,25-26,31-32H2,1-7H3,(H,64,72)(H,65,70)(H,66,74)(H,67,71). The van der Waals surface area contributed by atoms with Gasteiger partial charge in [0.15, 0.2) is 0 Å². The van der Waals surface area contributed by atoms with Crippen molar-refractivity contribution in [3.05, 3.63) is 161 Å². The molecule has 2 heterocycles. The van der Waals surface area contributed by atoms with Crippen LogP contribution < -0.4 is 26.0 Å². The zero-order chi connectivity index (χ0) is 55.3. The average molecular weight is 1050 g/mol. The normalized spacial score (nSPS) is 11.6. The number of rotatable bonds is 19. The molecule has 0 aliphatic carbocycles. The number of alkyl halides is 2. The number of halogens is 4. The molecule has 0 saturated heterocycles. The SMILES string of the molecule is CNC(=O)c1c(-c2ccc(F)cc2)oc2ccc(-c3cc(C(=O)NCC(C)C)ccc3OCCN(C)N(C)C(=O)c3c(-c4ccc(F)cc4)oc4ccc(-c5cccc(C(=O)NC(C)(C)C(=O)NCC(F)F)c5)cc34)cc12. The van der Waals surface area contributed by atoms with Gasteiger partial charge in [0, 0.05) is 66.3 Å². The van der Waals surface area contributed by atoms with Gasteiger partial charge in [-0.25, -0.2) is 22.6 Å². The van der Waals surface area contributed by atoms with Gasteiger partial charge in [-0.1, -0.05) is 38.1 Å². The summed E-state index contributed by atoms with van der Waals surface area (Å²) in [6.45, 7) is 6.55. The van der Waals surface area contributed by atoms with Gasteiger partial charge in [-0.2, -0.15) is 0 Å². The molecule has 6 aromatic carbocycles. The van der Waals surface area contributed by atoms with Crippen molar-refractivity contribution in [2.75, 3.05) is 47.4 Å². The molecule has 8 aromatic rings. The van der Waals surface area contributed by atoms with E-state index in [0.29, 0.717) is 73.2 Å². The third kappa shape index (κ3) is 12.2. The fraction of sp³-hybridized carbons (Fsp3) is 0.237. The third-order valence-electron chi connectivity index (χ3n) is 12.8. The van der Waals surface area contributed by atoms with Crippen LogP contribution in [0.15, 0.2) is 136 Å². The Hall–Kier alpha value is -8.77. The molecule has 4 N–H and O–H groups in total. The third-order valence-corrected chi connectivity index (χ3v) is 12.8. The van der Waals surface area contributed by atoms with Crippen LogP contribution in [-0.2, 0) is 4.79 Å². The van der Waals surface area contributed by atoms with Crippen molar-refractivity contribution in [3.8, 4) is 50.7 Å². The number of carbonyl (C=O) groups is 5. The summed E-state index contributed by atoms with van der Waals surface area (Å²) in [5, 5.41) is 14.3. The Balaban J connectivity index is 1.07. The summed E-state index contributed by atoms with van der Waals surface area (Å²) in [7, 11) is 4.77. The molecular weight excluding hydrogens is 997 g/mol. The van der Waals surface area contributed by atoms with E-state index in [1.54, 1.807) is 98.0 Å². The highest BCUT2D eigenvalue weighted by atomic mass is 19.3. The van der Waals surface area contributed by atoms with E-state index in [1.165, 1.54) is 74.4 Å². The number of likely N-dealkylation sites (N-methyl/N-ethyl adjacent to an activating group) is 1. The molecule has 0 spiro atoms. The number of nitrogens with one attached hydrogen (secondary N) is 4. The smallest absolute Gasteiger partial charge is 0.272 e. The monoisotopic (exact) mass is 1050 g/mol. The summed E-state index contributed by atoms with van der Waals surface area (Å²) in [6, 6.07) is 33.1. The molecule has 0 fully saturated rings. The molecule has 0 atom stereocenters. The lowest BCUT2D eigenvalue weighted by Crippen LogP contribution is -2.55. The van der Waals surface area contributed by atoms with Crippen LogP contribution in [0.5, 0.6) is 5.75 Å². The Morgan fingerprint density at radius 1 is 0.623 bits per heavy atom. The number of fused-ring (bicyclic) bond motifs is 2. The number of hydrogen-bond acceptors (Lipinski definition) is 9. The van der Waals surface area contributed by atoms with Crippen LogP contribution in [0.25, 0.3) is 66.8 Å². The Labute approximate surface area is 441 Å². The van der Waals surface area contributed by atoms with Gasteiger partial charge in [0.05, 0.1) is 24.2 Å². The van der Waals surface area contributed by atoms with Gasteiger partial charge in [-0.15, -0.1) is 0 Å². The van der Waals surface area contributed by atoms with Gasteiger partial charge >= 0.3 is 0 Å². The maximum absolute atomic E-state index is 14.9. The van der Waals surface area contributed by atoms with Crippen LogP contribution in [0.4, 0.5) is 17.6 Å². The Morgan fingerprint density at radius 2 is 1.18 bits per heavy atom. The molecule has 0 unspecified atom stereocenters. The van der Waals surface area contributed by atoms with Crippen LogP contribution in [0.1, 0.15) is 69.1 Å². The first-order valence-corrected chi connectivity index (χ1v) is 24.6. The number of nitrogens with zero attached hydrogens (tertiary/aromatic N) is 2. The maximum Gasteiger partial charge on any atom is 0.272 e. The number of carbonyl (C=O) groups excluding carboxylic acids is 5. The van der Waals surface area contributed by atoms with Crippen molar-refractivity contribution < 1.29 is 55.1 Å². The van der Waals surface area contributed by atoms with Crippen molar-refractivity contribution in [3.63, 3.8) is 0 Å². The predicted molar refractivity (Wildman–Crippen MR) is 285 cm³/mol. The first kappa shape index (κ1) is 54.5. The molecule has 0 bridgehead atoms. The Bertz CT molecular complexity index is 3520. The van der Waals surface area contributed by atoms with Gasteiger partial charge < -0.3 is 34.8 Å². The van der Waals surface area contributed by atoms with E-state index < -0.39 is 53.8 Å². The van der Waals surface area contributed by atoms with E-state index in [1.807, 2.05) is 13.8 Å². The summed E-state index contributed by atoms with van der Waals surface area (Å²) in [5.41, 5.74) is 3.37. The van der Waals surface area contributed by atoms with Crippen LogP contribution >= 0.6 is 0 Å². The molecule has 8 rings (SSSR count). The minimum atomic E-state index is -2.76. The van der Waals surface area contributed by atoms with Crippen molar-refractivity contribution in [1.82, 2.24) is 31.3 Å². The van der Waals surface area contributed by atoms with E-state index in [0.717, 1.165) is 0 Å². The molecule has 5 amide bonds. The molecular formula is C59H56F4N6O8. The van der Waals surface area contributed by atoms with Crippen molar-refractivity contribution in [1.29, 1.82) is 0 Å². The highest BCUT2D eigenvalue weighted by Crippen LogP contribution is 2.40. The molecule has 14 nitrogen and oxygen atoms in total. The zero-order valence-corrected chi connectivity index (χ0v) is 43.3. The lowest BCUT2D eigenvalue weighted by atomic mass is 9.98. The van der Waals surface area contributed by atoms with Crippen LogP contribution in [-0.4, -0.2) is 98.9 Å². The van der Waals surface area contributed by atoms with Gasteiger partial charge in [-0.05, 0) is 140 Å².